The molecule has 5 heteroatoms. The maximum absolute atomic E-state index is 10.4. The molecule has 0 bridgehead atoms. The number of allylic oxidation sites excluding steroid dienone is 3. The van der Waals surface area contributed by atoms with Crippen molar-refractivity contribution in [1.82, 2.24) is 4.57 Å². The molecule has 2 aromatic carbocycles. The molecule has 3 nitrogen and oxygen atoms in total. The molecule has 0 atom stereocenters. The first-order valence-corrected chi connectivity index (χ1v) is 8.91. The monoisotopic (exact) mass is 364 g/mol. The Hall–Kier alpha value is -2.76. The van der Waals surface area contributed by atoms with Crippen molar-refractivity contribution in [2.45, 2.75) is 0 Å². The Morgan fingerprint density at radius 3 is 2.32 bits per heavy atom. The van der Waals surface area contributed by atoms with Gasteiger partial charge in [0.2, 0.25) is 5.88 Å². The van der Waals surface area contributed by atoms with Crippen LogP contribution in [0.3, 0.4) is 0 Å². The van der Waals surface area contributed by atoms with Crippen LogP contribution in [0.1, 0.15) is 4.88 Å². The maximum Gasteiger partial charge on any atom is 0.215 e. The van der Waals surface area contributed by atoms with Gasteiger partial charge in [-0.25, -0.2) is 0 Å². The highest BCUT2D eigenvalue weighted by Crippen LogP contribution is 2.30. The third-order valence-corrected chi connectivity index (χ3v) is 4.69. The lowest BCUT2D eigenvalue weighted by atomic mass is 10.3. The Kier molecular flexibility index (Phi) is 5.72. The maximum atomic E-state index is 10.4. The Morgan fingerprint density at radius 1 is 0.920 bits per heavy atom. The first-order chi connectivity index (χ1) is 12.3. The van der Waals surface area contributed by atoms with Gasteiger partial charge in [-0.1, -0.05) is 48.6 Å². The van der Waals surface area contributed by atoms with Gasteiger partial charge in [0.25, 0.3) is 0 Å². The van der Waals surface area contributed by atoms with E-state index in [0.29, 0.717) is 3.95 Å². The molecule has 0 fully saturated rings. The molecule has 0 saturated heterocycles. The van der Waals surface area contributed by atoms with Crippen molar-refractivity contribution in [2.24, 2.45) is 4.99 Å². The second-order valence-electron chi connectivity index (χ2n) is 5.08. The number of rotatable bonds is 5. The zero-order valence-corrected chi connectivity index (χ0v) is 15.0. The topological polar surface area (TPSA) is 37.5 Å². The number of benzene rings is 2. The Balaban J connectivity index is 1.71. The fraction of sp³-hybridized carbons (Fsp3) is 0. The highest BCUT2D eigenvalue weighted by Gasteiger charge is 2.10. The van der Waals surface area contributed by atoms with Crippen molar-refractivity contribution >= 4 is 41.5 Å². The Morgan fingerprint density at radius 2 is 1.60 bits per heavy atom. The summed E-state index contributed by atoms with van der Waals surface area (Å²) in [6.07, 6.45) is 9.13. The number of hydrogen-bond acceptors (Lipinski definition) is 4. The Bertz CT molecular complexity index is 968. The molecule has 0 aliphatic heterocycles. The Labute approximate surface area is 155 Å². The van der Waals surface area contributed by atoms with Crippen LogP contribution >= 0.6 is 23.6 Å². The van der Waals surface area contributed by atoms with Gasteiger partial charge >= 0.3 is 0 Å². The summed E-state index contributed by atoms with van der Waals surface area (Å²) in [5.41, 5.74) is 1.76. The fourth-order valence-corrected chi connectivity index (χ4v) is 3.46. The predicted octanol–water partition coefficient (Wildman–Crippen LogP) is 5.95. The molecule has 1 N–H and O–H groups in total. The summed E-state index contributed by atoms with van der Waals surface area (Å²) in [5.74, 6) is 0.156. The van der Waals surface area contributed by atoms with Gasteiger partial charge in [-0.05, 0) is 48.6 Å². The minimum Gasteiger partial charge on any atom is -0.493 e. The fourth-order valence-electron chi connectivity index (χ4n) is 2.20. The first-order valence-electron chi connectivity index (χ1n) is 7.68. The smallest absolute Gasteiger partial charge is 0.215 e. The van der Waals surface area contributed by atoms with Crippen LogP contribution in [0.25, 0.3) is 11.8 Å². The molecule has 0 unspecified atom stereocenters. The molecule has 0 spiro atoms. The van der Waals surface area contributed by atoms with E-state index in [4.69, 9.17) is 12.2 Å². The minimum absolute atomic E-state index is 0.156. The molecule has 3 rings (SSSR count). The van der Waals surface area contributed by atoms with Crippen molar-refractivity contribution in [3.63, 3.8) is 0 Å². The van der Waals surface area contributed by atoms with E-state index in [2.05, 4.69) is 4.99 Å². The van der Waals surface area contributed by atoms with Crippen LogP contribution in [0.4, 0.5) is 5.69 Å². The summed E-state index contributed by atoms with van der Waals surface area (Å²) in [5, 5.41) is 10.4. The van der Waals surface area contributed by atoms with E-state index >= 15 is 0 Å². The molecule has 0 radical (unpaired) electrons. The van der Waals surface area contributed by atoms with Crippen molar-refractivity contribution in [3.05, 3.63) is 87.7 Å². The van der Waals surface area contributed by atoms with E-state index in [9.17, 15) is 5.11 Å². The van der Waals surface area contributed by atoms with Crippen LogP contribution in [0, 0.1) is 3.95 Å². The third kappa shape index (κ3) is 4.41. The molecule has 0 aliphatic carbocycles. The molecule has 3 aromatic rings. The van der Waals surface area contributed by atoms with E-state index in [1.165, 1.54) is 11.3 Å². The molecule has 1 aromatic heterocycles. The zero-order chi connectivity index (χ0) is 17.5. The van der Waals surface area contributed by atoms with Crippen LogP contribution in [0.15, 0.2) is 83.9 Å². The molecular weight excluding hydrogens is 348 g/mol. The lowest BCUT2D eigenvalue weighted by Gasteiger charge is -2.03. The second kappa shape index (κ2) is 8.37. The second-order valence-corrected chi connectivity index (χ2v) is 6.76. The first kappa shape index (κ1) is 17.1. The lowest BCUT2D eigenvalue weighted by Crippen LogP contribution is -1.91. The summed E-state index contributed by atoms with van der Waals surface area (Å²) in [6, 6.07) is 19.3. The summed E-state index contributed by atoms with van der Waals surface area (Å²) in [7, 11) is 0. The van der Waals surface area contributed by atoms with Gasteiger partial charge in [-0.2, -0.15) is 0 Å². The van der Waals surface area contributed by atoms with Crippen molar-refractivity contribution in [3.8, 4) is 11.6 Å². The highest BCUT2D eigenvalue weighted by molar-refractivity contribution is 7.73. The van der Waals surface area contributed by atoms with E-state index < -0.39 is 0 Å². The number of aromatic hydroxyl groups is 1. The predicted molar refractivity (Wildman–Crippen MR) is 109 cm³/mol. The van der Waals surface area contributed by atoms with E-state index in [1.807, 2.05) is 85.0 Å². The number of hydrogen-bond donors (Lipinski definition) is 1. The molecule has 25 heavy (non-hydrogen) atoms. The van der Waals surface area contributed by atoms with E-state index in [-0.39, 0.29) is 5.88 Å². The van der Waals surface area contributed by atoms with Crippen molar-refractivity contribution in [1.29, 1.82) is 0 Å². The van der Waals surface area contributed by atoms with Crippen LogP contribution in [0.2, 0.25) is 0 Å². The summed E-state index contributed by atoms with van der Waals surface area (Å²) in [4.78, 5) is 5.03. The normalized spacial score (nSPS) is 11.8. The van der Waals surface area contributed by atoms with Gasteiger partial charge in [0.15, 0.2) is 3.95 Å². The van der Waals surface area contributed by atoms with Crippen molar-refractivity contribution in [2.75, 3.05) is 0 Å². The minimum atomic E-state index is 0.156. The largest absolute Gasteiger partial charge is 0.493 e. The molecule has 0 amide bonds. The van der Waals surface area contributed by atoms with E-state index in [0.717, 1.165) is 16.3 Å². The SMILES string of the molecule is Oc1c(/C=C/C=C/C=Nc2ccccc2)sc(=S)n1-c1ccccc1. The van der Waals surface area contributed by atoms with Crippen LogP contribution in [-0.2, 0) is 0 Å². The van der Waals surface area contributed by atoms with Crippen LogP contribution in [0.5, 0.6) is 5.88 Å². The highest BCUT2D eigenvalue weighted by atomic mass is 32.1. The van der Waals surface area contributed by atoms with E-state index in [1.54, 1.807) is 10.8 Å². The summed E-state index contributed by atoms with van der Waals surface area (Å²) >= 11 is 6.74. The number of para-hydroxylation sites is 2. The molecule has 124 valence electrons. The van der Waals surface area contributed by atoms with Crippen LogP contribution < -0.4 is 0 Å². The average molecular weight is 364 g/mol. The number of thiazole rings is 1. The van der Waals surface area contributed by atoms with Crippen molar-refractivity contribution < 1.29 is 5.11 Å². The van der Waals surface area contributed by atoms with Gasteiger partial charge in [0.05, 0.1) is 16.3 Å². The van der Waals surface area contributed by atoms with Gasteiger partial charge in [-0.15, -0.1) is 11.3 Å². The van der Waals surface area contributed by atoms with Gasteiger partial charge in [0.1, 0.15) is 0 Å². The standard InChI is InChI=1S/C20H16N2OS2/c23-19-18(25-20(24)22(19)17-12-6-2-7-13-17)14-8-3-9-15-21-16-10-4-1-5-11-16/h1-15,23H/b9-3+,14-8+,21-15?. The molecule has 0 saturated carbocycles. The quantitative estimate of drug-likeness (QED) is 0.345. The van der Waals surface area contributed by atoms with Crippen LogP contribution in [-0.4, -0.2) is 15.9 Å². The average Bonchev–Trinajstić information content (AvgIpc) is 2.93. The summed E-state index contributed by atoms with van der Waals surface area (Å²) in [6.45, 7) is 0. The molecule has 0 aliphatic rings. The third-order valence-electron chi connectivity index (χ3n) is 3.36. The lowest BCUT2D eigenvalue weighted by molar-refractivity contribution is 0.441. The van der Waals surface area contributed by atoms with Gasteiger partial charge in [0, 0.05) is 6.21 Å². The summed E-state index contributed by atoms with van der Waals surface area (Å²) < 4.78 is 2.28. The number of aliphatic imine (C=N–C) groups is 1. The van der Waals surface area contributed by atoms with Gasteiger partial charge < -0.3 is 5.11 Å². The number of aromatic nitrogens is 1. The molecule has 1 heterocycles. The molecular formula is C20H16N2OS2. The zero-order valence-electron chi connectivity index (χ0n) is 13.3. The number of nitrogens with zero attached hydrogens (tertiary/aromatic N) is 2. The van der Waals surface area contributed by atoms with Gasteiger partial charge in [-0.3, -0.25) is 9.56 Å².